The molecule has 0 amide bonds. The number of fused-ring (bicyclic) bond motifs is 2. The fraction of sp³-hybridized carbons (Fsp3) is 0.750. The summed E-state index contributed by atoms with van der Waals surface area (Å²) in [7, 11) is 1.91. The molecule has 5 rings (SSSR count). The van der Waals surface area contributed by atoms with Gasteiger partial charge in [0.15, 0.2) is 5.96 Å². The molecule has 1 aromatic rings. The zero-order chi connectivity index (χ0) is 18.3. The lowest BCUT2D eigenvalue weighted by Gasteiger charge is -2.57. The lowest BCUT2D eigenvalue weighted by Crippen LogP contribution is -2.70. The molecule has 2 saturated heterocycles. The van der Waals surface area contributed by atoms with E-state index in [2.05, 4.69) is 30.1 Å². The van der Waals surface area contributed by atoms with Crippen molar-refractivity contribution in [2.75, 3.05) is 44.7 Å². The average Bonchev–Trinajstić information content (AvgIpc) is 3.39. The van der Waals surface area contributed by atoms with Crippen molar-refractivity contribution >= 4 is 11.9 Å². The van der Waals surface area contributed by atoms with Crippen LogP contribution in [-0.4, -0.2) is 72.8 Å². The Bertz CT molecular complexity index is 681. The van der Waals surface area contributed by atoms with Crippen LogP contribution in [0.2, 0.25) is 0 Å². The molecule has 3 unspecified atom stereocenters. The summed E-state index contributed by atoms with van der Waals surface area (Å²) in [4.78, 5) is 18.1. The number of nitrogens with one attached hydrogen (secondary N) is 1. The van der Waals surface area contributed by atoms with Crippen molar-refractivity contribution in [1.29, 1.82) is 0 Å². The maximum Gasteiger partial charge on any atom is 0.225 e. The average molecular weight is 371 g/mol. The van der Waals surface area contributed by atoms with Gasteiger partial charge in [-0.3, -0.25) is 4.99 Å². The SMILES string of the molecule is CN=C(NC1C2CCOC2C12CCCC2)N1CCN(c2ncccn2)CC1. The van der Waals surface area contributed by atoms with Crippen molar-refractivity contribution in [3.63, 3.8) is 0 Å². The number of guanidine groups is 1. The topological polar surface area (TPSA) is 65.9 Å². The van der Waals surface area contributed by atoms with Gasteiger partial charge in [0, 0.05) is 69.6 Å². The van der Waals surface area contributed by atoms with Gasteiger partial charge in [0.2, 0.25) is 5.95 Å². The van der Waals surface area contributed by atoms with Crippen LogP contribution in [0.15, 0.2) is 23.5 Å². The highest BCUT2D eigenvalue weighted by molar-refractivity contribution is 5.81. The summed E-state index contributed by atoms with van der Waals surface area (Å²) < 4.78 is 6.13. The van der Waals surface area contributed by atoms with E-state index in [4.69, 9.17) is 4.74 Å². The number of aliphatic imine (C=N–C) groups is 1. The van der Waals surface area contributed by atoms with Crippen LogP contribution in [0.25, 0.3) is 0 Å². The highest BCUT2D eigenvalue weighted by Gasteiger charge is 2.65. The maximum absolute atomic E-state index is 6.13. The first-order chi connectivity index (χ1) is 13.3. The molecule has 1 N–H and O–H groups in total. The van der Waals surface area contributed by atoms with Gasteiger partial charge in [-0.1, -0.05) is 12.8 Å². The van der Waals surface area contributed by atoms with Crippen molar-refractivity contribution in [3.05, 3.63) is 18.5 Å². The molecule has 3 atom stereocenters. The Morgan fingerprint density at radius 1 is 1.19 bits per heavy atom. The lowest BCUT2D eigenvalue weighted by atomic mass is 9.54. The van der Waals surface area contributed by atoms with Gasteiger partial charge in [-0.15, -0.1) is 0 Å². The van der Waals surface area contributed by atoms with Crippen LogP contribution in [0.5, 0.6) is 0 Å². The molecular formula is C20H30N6O. The van der Waals surface area contributed by atoms with Crippen LogP contribution in [0.3, 0.4) is 0 Å². The van der Waals surface area contributed by atoms with E-state index in [0.29, 0.717) is 23.5 Å². The largest absolute Gasteiger partial charge is 0.377 e. The number of hydrogen-bond donors (Lipinski definition) is 1. The van der Waals surface area contributed by atoms with Gasteiger partial charge >= 0.3 is 0 Å². The molecule has 2 aliphatic heterocycles. The molecule has 2 aliphatic carbocycles. The summed E-state index contributed by atoms with van der Waals surface area (Å²) in [6.07, 6.45) is 10.6. The molecule has 0 bridgehead atoms. The second-order valence-corrected chi connectivity index (χ2v) is 8.38. The first-order valence-electron chi connectivity index (χ1n) is 10.4. The lowest BCUT2D eigenvalue weighted by molar-refractivity contribution is -0.125. The number of nitrogens with zero attached hydrogens (tertiary/aromatic N) is 5. The highest BCUT2D eigenvalue weighted by Crippen LogP contribution is 2.60. The first-order valence-corrected chi connectivity index (χ1v) is 10.4. The number of anilines is 1. The zero-order valence-corrected chi connectivity index (χ0v) is 16.2. The van der Waals surface area contributed by atoms with Gasteiger partial charge < -0.3 is 19.9 Å². The minimum atomic E-state index is 0.358. The third-order valence-electron chi connectivity index (χ3n) is 7.20. The normalized spacial score (nSPS) is 32.5. The Labute approximate surface area is 161 Å². The summed E-state index contributed by atoms with van der Waals surface area (Å²) in [5.74, 6) is 2.55. The van der Waals surface area contributed by atoms with Crippen molar-refractivity contribution in [3.8, 4) is 0 Å². The van der Waals surface area contributed by atoms with Crippen LogP contribution in [0, 0.1) is 11.3 Å². The summed E-state index contributed by atoms with van der Waals surface area (Å²) in [6, 6.07) is 2.39. The van der Waals surface area contributed by atoms with Crippen LogP contribution in [0.4, 0.5) is 5.95 Å². The minimum absolute atomic E-state index is 0.358. The Hall–Kier alpha value is -1.89. The predicted molar refractivity (Wildman–Crippen MR) is 105 cm³/mol. The fourth-order valence-corrected chi connectivity index (χ4v) is 5.91. The van der Waals surface area contributed by atoms with Gasteiger partial charge in [0.1, 0.15) is 0 Å². The van der Waals surface area contributed by atoms with Crippen LogP contribution >= 0.6 is 0 Å². The van der Waals surface area contributed by atoms with E-state index in [1.165, 1.54) is 32.1 Å². The van der Waals surface area contributed by atoms with Gasteiger partial charge in [0.05, 0.1) is 6.10 Å². The molecule has 27 heavy (non-hydrogen) atoms. The Morgan fingerprint density at radius 2 is 1.93 bits per heavy atom. The molecule has 1 spiro atoms. The van der Waals surface area contributed by atoms with E-state index in [-0.39, 0.29) is 0 Å². The molecular weight excluding hydrogens is 340 g/mol. The summed E-state index contributed by atoms with van der Waals surface area (Å²) in [5, 5.41) is 3.88. The smallest absolute Gasteiger partial charge is 0.225 e. The minimum Gasteiger partial charge on any atom is -0.377 e. The Balaban J connectivity index is 1.24. The molecule has 4 fully saturated rings. The molecule has 0 aromatic carbocycles. The van der Waals surface area contributed by atoms with E-state index >= 15 is 0 Å². The van der Waals surface area contributed by atoms with E-state index in [1.54, 1.807) is 0 Å². The first kappa shape index (κ1) is 17.2. The highest BCUT2D eigenvalue weighted by atomic mass is 16.5. The Morgan fingerprint density at radius 3 is 2.63 bits per heavy atom. The number of aromatic nitrogens is 2. The van der Waals surface area contributed by atoms with Gasteiger partial charge in [-0.2, -0.15) is 0 Å². The van der Waals surface area contributed by atoms with E-state index < -0.39 is 0 Å². The molecule has 3 heterocycles. The van der Waals surface area contributed by atoms with Gasteiger partial charge in [0.25, 0.3) is 0 Å². The zero-order valence-electron chi connectivity index (χ0n) is 16.2. The standard InChI is InChI=1S/C20H30N6O/c1-21-18(25-10-12-26(13-11-25)19-22-8-4-9-23-19)24-16-15-5-14-27-17(15)20(16)6-2-3-7-20/h4,8-9,15-17H,2-3,5-7,10-14H2,1H3,(H,21,24). The van der Waals surface area contributed by atoms with E-state index in [9.17, 15) is 0 Å². The monoisotopic (exact) mass is 370 g/mol. The number of piperazine rings is 1. The van der Waals surface area contributed by atoms with Crippen LogP contribution in [-0.2, 0) is 4.74 Å². The van der Waals surface area contributed by atoms with E-state index in [0.717, 1.165) is 44.7 Å². The quantitative estimate of drug-likeness (QED) is 0.629. The summed E-state index contributed by atoms with van der Waals surface area (Å²) in [6.45, 7) is 4.68. The third kappa shape index (κ3) is 2.78. The molecule has 146 valence electrons. The molecule has 1 aromatic heterocycles. The molecule has 4 aliphatic rings. The number of ether oxygens (including phenoxy) is 1. The number of hydrogen-bond acceptors (Lipinski definition) is 5. The van der Waals surface area contributed by atoms with Gasteiger partial charge in [-0.05, 0) is 25.3 Å². The maximum atomic E-state index is 6.13. The second-order valence-electron chi connectivity index (χ2n) is 8.38. The summed E-state index contributed by atoms with van der Waals surface area (Å²) >= 11 is 0. The Kier molecular flexibility index (Phi) is 4.42. The predicted octanol–water partition coefficient (Wildman–Crippen LogP) is 1.52. The van der Waals surface area contributed by atoms with Crippen molar-refractivity contribution in [2.24, 2.45) is 16.3 Å². The molecule has 7 nitrogen and oxygen atoms in total. The third-order valence-corrected chi connectivity index (χ3v) is 7.20. The van der Waals surface area contributed by atoms with Crippen molar-refractivity contribution in [1.82, 2.24) is 20.2 Å². The van der Waals surface area contributed by atoms with E-state index in [1.807, 2.05) is 25.5 Å². The van der Waals surface area contributed by atoms with Crippen LogP contribution in [0.1, 0.15) is 32.1 Å². The second kappa shape index (κ2) is 6.93. The number of rotatable bonds is 2. The van der Waals surface area contributed by atoms with Crippen LogP contribution < -0.4 is 10.2 Å². The molecule has 7 heteroatoms. The van der Waals surface area contributed by atoms with Crippen molar-refractivity contribution < 1.29 is 4.74 Å². The molecule has 0 radical (unpaired) electrons. The van der Waals surface area contributed by atoms with Crippen molar-refractivity contribution in [2.45, 2.75) is 44.2 Å². The van der Waals surface area contributed by atoms with Gasteiger partial charge in [-0.25, -0.2) is 9.97 Å². The molecule has 2 saturated carbocycles. The fourth-order valence-electron chi connectivity index (χ4n) is 5.91. The summed E-state index contributed by atoms with van der Waals surface area (Å²) in [5.41, 5.74) is 0.358.